The predicted octanol–water partition coefficient (Wildman–Crippen LogP) is 5.44. The minimum absolute atomic E-state index is 0.138. The van der Waals surface area contributed by atoms with Gasteiger partial charge < -0.3 is 5.32 Å². The van der Waals surface area contributed by atoms with Gasteiger partial charge in [0.2, 0.25) is 0 Å². The normalized spacial score (nSPS) is 12.3. The van der Waals surface area contributed by atoms with Gasteiger partial charge in [0.1, 0.15) is 11.6 Å². The minimum atomic E-state index is -0.491. The van der Waals surface area contributed by atoms with E-state index < -0.39 is 5.82 Å². The van der Waals surface area contributed by atoms with Crippen molar-refractivity contribution in [2.24, 2.45) is 0 Å². The molecule has 2 aromatic carbocycles. The van der Waals surface area contributed by atoms with E-state index in [0.717, 1.165) is 5.56 Å². The third-order valence-electron chi connectivity index (χ3n) is 2.74. The van der Waals surface area contributed by atoms with Crippen molar-refractivity contribution in [1.29, 1.82) is 0 Å². The molecular weight excluding hydrogens is 291 g/mol. The van der Waals surface area contributed by atoms with Crippen LogP contribution in [0, 0.1) is 11.6 Å². The zero-order valence-corrected chi connectivity index (χ0v) is 11.6. The highest BCUT2D eigenvalue weighted by Crippen LogP contribution is 2.34. The molecule has 1 unspecified atom stereocenters. The van der Waals surface area contributed by atoms with Gasteiger partial charge in [-0.15, -0.1) is 0 Å². The van der Waals surface area contributed by atoms with Crippen molar-refractivity contribution in [3.8, 4) is 0 Å². The van der Waals surface area contributed by atoms with E-state index in [1.54, 1.807) is 12.1 Å². The Bertz CT molecular complexity index is 561. The maximum atomic E-state index is 13.1. The number of anilines is 1. The molecule has 5 heteroatoms. The Balaban J connectivity index is 2.24. The second-order valence-electron chi connectivity index (χ2n) is 4.16. The number of halogens is 4. The number of hydrogen-bond acceptors (Lipinski definition) is 1. The Kier molecular flexibility index (Phi) is 4.27. The smallest absolute Gasteiger partial charge is 0.126 e. The highest BCUT2D eigenvalue weighted by molar-refractivity contribution is 6.39. The molecule has 2 rings (SSSR count). The summed E-state index contributed by atoms with van der Waals surface area (Å²) >= 11 is 11.9. The topological polar surface area (TPSA) is 12.0 Å². The van der Waals surface area contributed by atoms with Crippen molar-refractivity contribution in [3.63, 3.8) is 0 Å². The lowest BCUT2D eigenvalue weighted by Gasteiger charge is -2.18. The minimum Gasteiger partial charge on any atom is -0.376 e. The second-order valence-corrected chi connectivity index (χ2v) is 4.98. The Morgan fingerprint density at radius 1 is 0.947 bits per heavy atom. The summed E-state index contributed by atoms with van der Waals surface area (Å²) in [5.74, 6) is -0.788. The van der Waals surface area contributed by atoms with Gasteiger partial charge in [-0.2, -0.15) is 0 Å². The molecule has 0 saturated carbocycles. The molecule has 0 aliphatic rings. The summed E-state index contributed by atoms with van der Waals surface area (Å²) in [6.45, 7) is 1.88. The van der Waals surface area contributed by atoms with Crippen LogP contribution in [0.4, 0.5) is 14.5 Å². The van der Waals surface area contributed by atoms with Gasteiger partial charge in [-0.25, -0.2) is 8.78 Å². The third-order valence-corrected chi connectivity index (χ3v) is 3.33. The van der Waals surface area contributed by atoms with Gasteiger partial charge in [-0.3, -0.25) is 0 Å². The maximum Gasteiger partial charge on any atom is 0.126 e. The Labute approximate surface area is 120 Å². The highest BCUT2D eigenvalue weighted by atomic mass is 35.5. The van der Waals surface area contributed by atoms with Crippen LogP contribution < -0.4 is 5.32 Å². The lowest BCUT2D eigenvalue weighted by atomic mass is 10.1. The molecule has 1 nitrogen and oxygen atoms in total. The third kappa shape index (κ3) is 3.37. The fraction of sp³-hybridized carbons (Fsp3) is 0.143. The summed E-state index contributed by atoms with van der Waals surface area (Å²) in [6, 6.07) is 8.32. The fourth-order valence-corrected chi connectivity index (χ4v) is 2.30. The molecule has 0 heterocycles. The van der Waals surface area contributed by atoms with Crippen LogP contribution >= 0.6 is 23.2 Å². The molecule has 0 saturated heterocycles. The molecule has 0 aromatic heterocycles. The predicted molar refractivity (Wildman–Crippen MR) is 74.9 cm³/mol. The Morgan fingerprint density at radius 3 is 2.00 bits per heavy atom. The zero-order valence-electron chi connectivity index (χ0n) is 10.1. The van der Waals surface area contributed by atoms with Crippen molar-refractivity contribution in [2.45, 2.75) is 13.0 Å². The van der Waals surface area contributed by atoms with E-state index in [1.165, 1.54) is 24.3 Å². The molecule has 2 aromatic rings. The highest BCUT2D eigenvalue weighted by Gasteiger charge is 2.12. The molecule has 0 aliphatic heterocycles. The van der Waals surface area contributed by atoms with Gasteiger partial charge in [0, 0.05) is 6.04 Å². The van der Waals surface area contributed by atoms with E-state index in [2.05, 4.69) is 5.32 Å². The number of benzene rings is 2. The quantitative estimate of drug-likeness (QED) is 0.795. The number of nitrogens with one attached hydrogen (secondary N) is 1. The van der Waals surface area contributed by atoms with Gasteiger partial charge in [0.15, 0.2) is 0 Å². The van der Waals surface area contributed by atoms with Crippen LogP contribution in [0.25, 0.3) is 0 Å². The molecule has 0 radical (unpaired) electrons. The van der Waals surface area contributed by atoms with Gasteiger partial charge >= 0.3 is 0 Å². The average Bonchev–Trinajstić information content (AvgIpc) is 2.34. The van der Waals surface area contributed by atoms with Crippen LogP contribution in [0.5, 0.6) is 0 Å². The van der Waals surface area contributed by atoms with E-state index in [4.69, 9.17) is 23.2 Å². The van der Waals surface area contributed by atoms with Crippen LogP contribution in [0.1, 0.15) is 18.5 Å². The first-order chi connectivity index (χ1) is 8.97. The van der Waals surface area contributed by atoms with E-state index in [9.17, 15) is 8.78 Å². The Hall–Kier alpha value is -1.32. The van der Waals surface area contributed by atoms with Crippen molar-refractivity contribution >= 4 is 28.9 Å². The van der Waals surface area contributed by atoms with Gasteiger partial charge in [-0.05, 0) is 36.8 Å². The molecule has 1 atom stereocenters. The zero-order chi connectivity index (χ0) is 14.0. The first kappa shape index (κ1) is 14.1. The van der Waals surface area contributed by atoms with Gasteiger partial charge in [-0.1, -0.05) is 35.3 Å². The van der Waals surface area contributed by atoms with Crippen LogP contribution in [0.3, 0.4) is 0 Å². The molecule has 100 valence electrons. The summed E-state index contributed by atoms with van der Waals surface area (Å²) in [5.41, 5.74) is 1.33. The van der Waals surface area contributed by atoms with Crippen molar-refractivity contribution in [1.82, 2.24) is 0 Å². The van der Waals surface area contributed by atoms with E-state index >= 15 is 0 Å². The first-order valence-corrected chi connectivity index (χ1v) is 6.39. The summed E-state index contributed by atoms with van der Waals surface area (Å²) in [7, 11) is 0. The van der Waals surface area contributed by atoms with Gasteiger partial charge in [0.05, 0.1) is 15.7 Å². The van der Waals surface area contributed by atoms with Gasteiger partial charge in [0.25, 0.3) is 0 Å². The van der Waals surface area contributed by atoms with Crippen LogP contribution in [0.15, 0.2) is 36.4 Å². The fourth-order valence-electron chi connectivity index (χ4n) is 1.73. The monoisotopic (exact) mass is 301 g/mol. The van der Waals surface area contributed by atoms with Crippen LogP contribution in [-0.2, 0) is 0 Å². The summed E-state index contributed by atoms with van der Waals surface area (Å²) in [4.78, 5) is 0. The summed E-state index contributed by atoms with van der Waals surface area (Å²) in [6.07, 6.45) is 0. The average molecular weight is 302 g/mol. The van der Waals surface area contributed by atoms with Crippen molar-refractivity contribution in [2.75, 3.05) is 5.32 Å². The lowest BCUT2D eigenvalue weighted by molar-refractivity contribution is 0.626. The van der Waals surface area contributed by atoms with Crippen molar-refractivity contribution < 1.29 is 8.78 Å². The summed E-state index contributed by atoms with van der Waals surface area (Å²) in [5, 5.41) is 3.50. The number of rotatable bonds is 3. The number of hydrogen-bond donors (Lipinski definition) is 1. The Morgan fingerprint density at radius 2 is 1.47 bits per heavy atom. The molecule has 1 N–H and O–H groups in total. The molecule has 0 bridgehead atoms. The SMILES string of the molecule is CC(Nc1c(Cl)cc(F)cc1Cl)c1ccc(F)cc1. The summed E-state index contributed by atoms with van der Waals surface area (Å²) < 4.78 is 25.9. The van der Waals surface area contributed by atoms with E-state index in [1.807, 2.05) is 6.92 Å². The molecule has 0 fully saturated rings. The van der Waals surface area contributed by atoms with Crippen molar-refractivity contribution in [3.05, 3.63) is 63.6 Å². The lowest BCUT2D eigenvalue weighted by Crippen LogP contribution is -2.07. The maximum absolute atomic E-state index is 13.1. The van der Waals surface area contributed by atoms with E-state index in [0.29, 0.717) is 5.69 Å². The second kappa shape index (κ2) is 5.76. The first-order valence-electron chi connectivity index (χ1n) is 5.64. The standard InChI is InChI=1S/C14H11Cl2F2N/c1-8(9-2-4-10(17)5-3-9)19-14-12(15)6-11(18)7-13(14)16/h2-8,19H,1H3. The van der Waals surface area contributed by atoms with Crippen LogP contribution in [-0.4, -0.2) is 0 Å². The largest absolute Gasteiger partial charge is 0.376 e. The van der Waals surface area contributed by atoms with Crippen LogP contribution in [0.2, 0.25) is 10.0 Å². The molecule has 0 amide bonds. The molecule has 0 spiro atoms. The molecule has 0 aliphatic carbocycles. The molecular formula is C14H11Cl2F2N. The van der Waals surface area contributed by atoms with E-state index in [-0.39, 0.29) is 21.9 Å². The molecule has 19 heavy (non-hydrogen) atoms.